The molecule has 1 aliphatic carbocycles. The van der Waals surface area contributed by atoms with Gasteiger partial charge >= 0.3 is 0 Å². The van der Waals surface area contributed by atoms with Gasteiger partial charge in [-0.1, -0.05) is 24.3 Å². The van der Waals surface area contributed by atoms with Gasteiger partial charge in [-0.3, -0.25) is 4.79 Å². The molecule has 2 N–H and O–H groups in total. The minimum absolute atomic E-state index is 0.0362. The summed E-state index contributed by atoms with van der Waals surface area (Å²) in [5.41, 5.74) is 0.769. The van der Waals surface area contributed by atoms with E-state index in [1.54, 1.807) is 25.1 Å². The van der Waals surface area contributed by atoms with E-state index in [1.165, 1.54) is 0 Å². The van der Waals surface area contributed by atoms with Crippen LogP contribution in [0.1, 0.15) is 25.3 Å². The molecule has 0 bridgehead atoms. The fraction of sp³-hybridized carbons (Fsp3) is 0.400. The van der Waals surface area contributed by atoms with Gasteiger partial charge in [0.15, 0.2) is 6.10 Å². The molecule has 0 spiro atoms. The molecule has 19 heavy (non-hydrogen) atoms. The molecule has 1 aromatic carbocycles. The summed E-state index contributed by atoms with van der Waals surface area (Å²) in [6.45, 7) is 1.69. The molecule has 0 aromatic heterocycles. The Kier molecular flexibility index (Phi) is 4.58. The maximum atomic E-state index is 11.9. The van der Waals surface area contributed by atoms with Gasteiger partial charge in [-0.2, -0.15) is 0 Å². The normalized spacial score (nSPS) is 16.3. The molecule has 4 heteroatoms. The second-order valence-corrected chi connectivity index (χ2v) is 4.71. The van der Waals surface area contributed by atoms with E-state index in [2.05, 4.69) is 17.5 Å². The Labute approximate surface area is 113 Å². The van der Waals surface area contributed by atoms with E-state index in [0.29, 0.717) is 5.75 Å². The molecule has 0 saturated heterocycles. The third-order valence-electron chi connectivity index (χ3n) is 3.12. The molecule has 0 saturated carbocycles. The number of hydrogen-bond donors (Lipinski definition) is 2. The van der Waals surface area contributed by atoms with E-state index in [-0.39, 0.29) is 18.6 Å². The SMILES string of the molecule is CC(Oc1cccc(CO)c1)C(=O)NC1CC=CC1. The molecule has 0 heterocycles. The maximum absolute atomic E-state index is 11.9. The highest BCUT2D eigenvalue weighted by molar-refractivity contribution is 5.81. The number of aliphatic hydroxyl groups excluding tert-OH is 1. The minimum Gasteiger partial charge on any atom is -0.481 e. The zero-order valence-electron chi connectivity index (χ0n) is 11.0. The van der Waals surface area contributed by atoms with Gasteiger partial charge in [0.25, 0.3) is 5.91 Å². The largest absolute Gasteiger partial charge is 0.481 e. The van der Waals surface area contributed by atoms with Crippen molar-refractivity contribution in [3.8, 4) is 5.75 Å². The van der Waals surface area contributed by atoms with Crippen molar-refractivity contribution in [2.75, 3.05) is 0 Å². The van der Waals surface area contributed by atoms with Gasteiger partial charge in [0.1, 0.15) is 5.75 Å². The van der Waals surface area contributed by atoms with Gasteiger partial charge in [-0.25, -0.2) is 0 Å². The number of nitrogens with one attached hydrogen (secondary N) is 1. The number of carbonyl (C=O) groups excluding carboxylic acids is 1. The average molecular weight is 261 g/mol. The molecule has 4 nitrogen and oxygen atoms in total. The van der Waals surface area contributed by atoms with E-state index < -0.39 is 6.10 Å². The first-order valence-corrected chi connectivity index (χ1v) is 6.51. The number of hydrogen-bond acceptors (Lipinski definition) is 3. The zero-order valence-corrected chi connectivity index (χ0v) is 11.0. The van der Waals surface area contributed by atoms with Crippen molar-refractivity contribution >= 4 is 5.91 Å². The van der Waals surface area contributed by atoms with Gasteiger partial charge in [-0.15, -0.1) is 0 Å². The Morgan fingerprint density at radius 2 is 2.21 bits per heavy atom. The fourth-order valence-corrected chi connectivity index (χ4v) is 2.03. The van der Waals surface area contributed by atoms with Crippen molar-refractivity contribution in [2.45, 2.75) is 38.5 Å². The summed E-state index contributed by atoms with van der Waals surface area (Å²) in [4.78, 5) is 11.9. The molecule has 0 aliphatic heterocycles. The number of rotatable bonds is 5. The van der Waals surface area contributed by atoms with Crippen LogP contribution in [0.25, 0.3) is 0 Å². The minimum atomic E-state index is -0.547. The maximum Gasteiger partial charge on any atom is 0.261 e. The van der Waals surface area contributed by atoms with Gasteiger partial charge < -0.3 is 15.2 Å². The number of amides is 1. The molecule has 1 aromatic rings. The van der Waals surface area contributed by atoms with Crippen LogP contribution in [0.15, 0.2) is 36.4 Å². The highest BCUT2D eigenvalue weighted by Gasteiger charge is 2.19. The topological polar surface area (TPSA) is 58.6 Å². The third-order valence-corrected chi connectivity index (χ3v) is 3.12. The number of aliphatic hydroxyl groups is 1. The smallest absolute Gasteiger partial charge is 0.261 e. The quantitative estimate of drug-likeness (QED) is 0.794. The van der Waals surface area contributed by atoms with Crippen molar-refractivity contribution in [1.82, 2.24) is 5.32 Å². The molecule has 0 fully saturated rings. The third kappa shape index (κ3) is 3.83. The van der Waals surface area contributed by atoms with Crippen molar-refractivity contribution in [3.63, 3.8) is 0 Å². The lowest BCUT2D eigenvalue weighted by Crippen LogP contribution is -2.41. The Morgan fingerprint density at radius 1 is 1.47 bits per heavy atom. The van der Waals surface area contributed by atoms with Crippen LogP contribution in [0.3, 0.4) is 0 Å². The Balaban J connectivity index is 1.88. The predicted octanol–water partition coefficient (Wildman–Crippen LogP) is 1.78. The van der Waals surface area contributed by atoms with Gasteiger partial charge in [0.2, 0.25) is 0 Å². The second kappa shape index (κ2) is 6.38. The number of carbonyl (C=O) groups is 1. The highest BCUT2D eigenvalue weighted by Crippen LogP contribution is 2.15. The second-order valence-electron chi connectivity index (χ2n) is 4.71. The van der Waals surface area contributed by atoms with Crippen LogP contribution in [0.5, 0.6) is 5.75 Å². The van der Waals surface area contributed by atoms with Crippen molar-refractivity contribution in [2.24, 2.45) is 0 Å². The Hall–Kier alpha value is -1.81. The highest BCUT2D eigenvalue weighted by atomic mass is 16.5. The van der Waals surface area contributed by atoms with Gasteiger partial charge in [0, 0.05) is 6.04 Å². The standard InChI is InChI=1S/C15H19NO3/c1-11(15(18)16-13-6-2-3-7-13)19-14-8-4-5-12(9-14)10-17/h2-5,8-9,11,13,17H,6-7,10H2,1H3,(H,16,18). The Morgan fingerprint density at radius 3 is 2.89 bits per heavy atom. The van der Waals surface area contributed by atoms with Crippen LogP contribution in [-0.2, 0) is 11.4 Å². The van der Waals surface area contributed by atoms with E-state index in [0.717, 1.165) is 18.4 Å². The summed E-state index contributed by atoms with van der Waals surface area (Å²) in [6, 6.07) is 7.32. The summed E-state index contributed by atoms with van der Waals surface area (Å²) in [5.74, 6) is 0.488. The zero-order chi connectivity index (χ0) is 13.7. The van der Waals surface area contributed by atoms with E-state index in [1.807, 2.05) is 6.07 Å². The molecule has 1 amide bonds. The number of ether oxygens (including phenoxy) is 1. The van der Waals surface area contributed by atoms with Crippen LogP contribution in [-0.4, -0.2) is 23.2 Å². The van der Waals surface area contributed by atoms with E-state index >= 15 is 0 Å². The molecule has 1 aliphatic rings. The van der Waals surface area contributed by atoms with Crippen LogP contribution in [0.2, 0.25) is 0 Å². The van der Waals surface area contributed by atoms with Gasteiger partial charge in [0.05, 0.1) is 6.61 Å². The van der Waals surface area contributed by atoms with Crippen LogP contribution >= 0.6 is 0 Å². The first-order chi connectivity index (χ1) is 9.19. The summed E-state index contributed by atoms with van der Waals surface area (Å²) in [6.07, 6.45) is 5.37. The first-order valence-electron chi connectivity index (χ1n) is 6.51. The molecule has 0 radical (unpaired) electrons. The van der Waals surface area contributed by atoms with Crippen molar-refractivity contribution in [1.29, 1.82) is 0 Å². The van der Waals surface area contributed by atoms with Crippen LogP contribution in [0.4, 0.5) is 0 Å². The summed E-state index contributed by atoms with van der Waals surface area (Å²) >= 11 is 0. The van der Waals surface area contributed by atoms with Crippen molar-refractivity contribution < 1.29 is 14.6 Å². The molecular formula is C15H19NO3. The van der Waals surface area contributed by atoms with Crippen molar-refractivity contribution in [3.05, 3.63) is 42.0 Å². The predicted molar refractivity (Wildman–Crippen MR) is 72.8 cm³/mol. The molecule has 102 valence electrons. The Bertz CT molecular complexity index is 462. The fourth-order valence-electron chi connectivity index (χ4n) is 2.03. The monoisotopic (exact) mass is 261 g/mol. The summed E-state index contributed by atoms with van der Waals surface area (Å²) in [7, 11) is 0. The summed E-state index contributed by atoms with van der Waals surface area (Å²) < 4.78 is 5.59. The lowest BCUT2D eigenvalue weighted by atomic mass is 10.2. The molecule has 1 atom stereocenters. The van der Waals surface area contributed by atoms with Crippen LogP contribution in [0, 0.1) is 0 Å². The van der Waals surface area contributed by atoms with Crippen LogP contribution < -0.4 is 10.1 Å². The lowest BCUT2D eigenvalue weighted by Gasteiger charge is -2.18. The first kappa shape index (κ1) is 13.6. The average Bonchev–Trinajstić information content (AvgIpc) is 2.91. The summed E-state index contributed by atoms with van der Waals surface area (Å²) in [5, 5.41) is 12.0. The lowest BCUT2D eigenvalue weighted by molar-refractivity contribution is -0.127. The van der Waals surface area contributed by atoms with Gasteiger partial charge in [-0.05, 0) is 37.5 Å². The molecule has 1 unspecified atom stereocenters. The van der Waals surface area contributed by atoms with E-state index in [9.17, 15) is 4.79 Å². The molecule has 2 rings (SSSR count). The van der Waals surface area contributed by atoms with E-state index in [4.69, 9.17) is 9.84 Å². The molecular weight excluding hydrogens is 242 g/mol. The number of benzene rings is 1.